The average Bonchev–Trinajstić information content (AvgIpc) is 2.38. The van der Waals surface area contributed by atoms with Crippen LogP contribution in [0.15, 0.2) is 24.3 Å². The summed E-state index contributed by atoms with van der Waals surface area (Å²) in [7, 11) is 0. The van der Waals surface area contributed by atoms with E-state index in [1.54, 1.807) is 0 Å². The van der Waals surface area contributed by atoms with Crippen molar-refractivity contribution >= 4 is 0 Å². The number of benzene rings is 1. The first-order chi connectivity index (χ1) is 8.74. The number of piperidine rings is 1. The van der Waals surface area contributed by atoms with E-state index in [0.29, 0.717) is 0 Å². The van der Waals surface area contributed by atoms with Gasteiger partial charge in [-0.3, -0.25) is 0 Å². The van der Waals surface area contributed by atoms with Crippen molar-refractivity contribution in [3.8, 4) is 0 Å². The van der Waals surface area contributed by atoms with Gasteiger partial charge in [-0.15, -0.1) is 0 Å². The summed E-state index contributed by atoms with van der Waals surface area (Å²) in [6, 6.07) is 8.72. The summed E-state index contributed by atoms with van der Waals surface area (Å²) in [6.07, 6.45) is 5.80. The molecule has 1 heterocycles. The number of hydrogen-bond donors (Lipinski definition) is 1. The van der Waals surface area contributed by atoms with E-state index >= 15 is 0 Å². The van der Waals surface area contributed by atoms with Gasteiger partial charge in [-0.1, -0.05) is 30.7 Å². The maximum atomic E-state index is 9.34. The Morgan fingerprint density at radius 1 is 1.06 bits per heavy atom. The van der Waals surface area contributed by atoms with Crippen LogP contribution in [0.2, 0.25) is 0 Å². The molecule has 1 atom stereocenters. The van der Waals surface area contributed by atoms with Crippen LogP contribution in [-0.4, -0.2) is 35.7 Å². The van der Waals surface area contributed by atoms with Crippen molar-refractivity contribution in [2.24, 2.45) is 0 Å². The summed E-state index contributed by atoms with van der Waals surface area (Å²) in [5, 5.41) is 9.34. The van der Waals surface area contributed by atoms with Gasteiger partial charge in [0.2, 0.25) is 0 Å². The first kappa shape index (κ1) is 13.6. The van der Waals surface area contributed by atoms with Crippen LogP contribution < -0.4 is 0 Å². The van der Waals surface area contributed by atoms with Crippen LogP contribution in [0.5, 0.6) is 0 Å². The van der Waals surface area contributed by atoms with Crippen molar-refractivity contribution in [1.82, 2.24) is 4.90 Å². The first-order valence-corrected chi connectivity index (χ1v) is 7.22. The molecule has 18 heavy (non-hydrogen) atoms. The van der Waals surface area contributed by atoms with Crippen molar-refractivity contribution in [2.75, 3.05) is 19.6 Å². The quantitative estimate of drug-likeness (QED) is 0.864. The van der Waals surface area contributed by atoms with Gasteiger partial charge < -0.3 is 10.0 Å². The molecule has 1 N–H and O–H groups in total. The van der Waals surface area contributed by atoms with Gasteiger partial charge in [0.05, 0.1) is 6.10 Å². The monoisotopic (exact) mass is 247 g/mol. The molecule has 1 fully saturated rings. The second-order valence-electron chi connectivity index (χ2n) is 5.52. The van der Waals surface area contributed by atoms with E-state index in [0.717, 1.165) is 12.8 Å². The molecule has 0 spiro atoms. The third-order valence-electron chi connectivity index (χ3n) is 3.72. The molecule has 2 rings (SSSR count). The van der Waals surface area contributed by atoms with Crippen LogP contribution in [0.1, 0.15) is 37.3 Å². The standard InChI is InChI=1S/C16H25NO/c1-14(18)13-16-7-5-15(6-8-16)9-12-17-10-3-2-4-11-17/h5-8,14,18H,2-4,9-13H2,1H3. The van der Waals surface area contributed by atoms with Gasteiger partial charge >= 0.3 is 0 Å². The molecule has 1 aromatic rings. The van der Waals surface area contributed by atoms with Gasteiger partial charge in [0.1, 0.15) is 0 Å². The molecular weight excluding hydrogens is 222 g/mol. The highest BCUT2D eigenvalue weighted by Gasteiger charge is 2.09. The molecule has 1 aromatic carbocycles. The van der Waals surface area contributed by atoms with E-state index in [4.69, 9.17) is 0 Å². The second kappa shape index (κ2) is 6.91. The van der Waals surface area contributed by atoms with E-state index in [2.05, 4.69) is 29.2 Å². The molecule has 2 nitrogen and oxygen atoms in total. The Morgan fingerprint density at radius 3 is 2.28 bits per heavy atom. The summed E-state index contributed by atoms with van der Waals surface area (Å²) in [4.78, 5) is 2.58. The smallest absolute Gasteiger partial charge is 0.0552 e. The molecule has 1 unspecified atom stereocenters. The van der Waals surface area contributed by atoms with Crippen LogP contribution >= 0.6 is 0 Å². The molecule has 1 saturated heterocycles. The molecule has 0 radical (unpaired) electrons. The summed E-state index contributed by atoms with van der Waals surface area (Å²) in [5.41, 5.74) is 2.64. The number of nitrogens with zero attached hydrogens (tertiary/aromatic N) is 1. The number of likely N-dealkylation sites (tertiary alicyclic amines) is 1. The van der Waals surface area contributed by atoms with Crippen LogP contribution in [0.25, 0.3) is 0 Å². The van der Waals surface area contributed by atoms with E-state index < -0.39 is 0 Å². The predicted molar refractivity (Wildman–Crippen MR) is 75.8 cm³/mol. The Labute approximate surface area is 111 Å². The normalized spacial score (nSPS) is 18.8. The van der Waals surface area contributed by atoms with Gasteiger partial charge in [-0.05, 0) is 56.8 Å². The fraction of sp³-hybridized carbons (Fsp3) is 0.625. The summed E-state index contributed by atoms with van der Waals surface area (Å²) >= 11 is 0. The third-order valence-corrected chi connectivity index (χ3v) is 3.72. The highest BCUT2D eigenvalue weighted by molar-refractivity contribution is 5.23. The third kappa shape index (κ3) is 4.43. The van der Waals surface area contributed by atoms with E-state index in [1.807, 2.05) is 6.92 Å². The number of rotatable bonds is 5. The molecule has 0 saturated carbocycles. The molecule has 0 aromatic heterocycles. The molecule has 1 aliphatic rings. The second-order valence-corrected chi connectivity index (χ2v) is 5.52. The maximum Gasteiger partial charge on any atom is 0.0552 e. The minimum atomic E-state index is -0.246. The minimum absolute atomic E-state index is 0.246. The Bertz CT molecular complexity index is 339. The summed E-state index contributed by atoms with van der Waals surface area (Å²) in [5.74, 6) is 0. The number of aliphatic hydroxyl groups excluding tert-OH is 1. The van der Waals surface area contributed by atoms with Gasteiger partial charge in [0, 0.05) is 6.54 Å². The average molecular weight is 247 g/mol. The minimum Gasteiger partial charge on any atom is -0.393 e. The lowest BCUT2D eigenvalue weighted by Crippen LogP contribution is -2.31. The van der Waals surface area contributed by atoms with Crippen molar-refractivity contribution in [3.05, 3.63) is 35.4 Å². The fourth-order valence-electron chi connectivity index (χ4n) is 2.65. The van der Waals surface area contributed by atoms with E-state index in [-0.39, 0.29) is 6.10 Å². The van der Waals surface area contributed by atoms with Crippen molar-refractivity contribution < 1.29 is 5.11 Å². The molecule has 2 heteroatoms. The highest BCUT2D eigenvalue weighted by atomic mass is 16.3. The zero-order valence-corrected chi connectivity index (χ0v) is 11.4. The molecule has 0 amide bonds. The zero-order valence-electron chi connectivity index (χ0n) is 11.4. The van der Waals surface area contributed by atoms with E-state index in [1.165, 1.54) is 50.0 Å². The van der Waals surface area contributed by atoms with Crippen molar-refractivity contribution in [3.63, 3.8) is 0 Å². The first-order valence-electron chi connectivity index (χ1n) is 7.22. The van der Waals surface area contributed by atoms with Gasteiger partial charge in [-0.2, -0.15) is 0 Å². The van der Waals surface area contributed by atoms with Crippen LogP contribution in [0.4, 0.5) is 0 Å². The topological polar surface area (TPSA) is 23.5 Å². The lowest BCUT2D eigenvalue weighted by Gasteiger charge is -2.26. The van der Waals surface area contributed by atoms with Crippen LogP contribution in [-0.2, 0) is 12.8 Å². The number of hydrogen-bond acceptors (Lipinski definition) is 2. The Balaban J connectivity index is 1.78. The largest absolute Gasteiger partial charge is 0.393 e. The highest BCUT2D eigenvalue weighted by Crippen LogP contribution is 2.11. The van der Waals surface area contributed by atoms with Crippen LogP contribution in [0, 0.1) is 0 Å². The van der Waals surface area contributed by atoms with Crippen molar-refractivity contribution in [2.45, 2.75) is 45.1 Å². The molecule has 0 bridgehead atoms. The predicted octanol–water partition coefficient (Wildman–Crippen LogP) is 2.64. The van der Waals surface area contributed by atoms with E-state index in [9.17, 15) is 5.11 Å². The lowest BCUT2D eigenvalue weighted by molar-refractivity contribution is 0.195. The summed E-state index contributed by atoms with van der Waals surface area (Å²) in [6.45, 7) is 5.58. The SMILES string of the molecule is CC(O)Cc1ccc(CCN2CCCCC2)cc1. The van der Waals surface area contributed by atoms with Gasteiger partial charge in [-0.25, -0.2) is 0 Å². The molecule has 1 aliphatic heterocycles. The Morgan fingerprint density at radius 2 is 1.67 bits per heavy atom. The van der Waals surface area contributed by atoms with Crippen LogP contribution in [0.3, 0.4) is 0 Å². The Hall–Kier alpha value is -0.860. The van der Waals surface area contributed by atoms with Gasteiger partial charge in [0.15, 0.2) is 0 Å². The molecule has 0 aliphatic carbocycles. The molecular formula is C16H25NO. The number of aliphatic hydroxyl groups is 1. The lowest BCUT2D eigenvalue weighted by atomic mass is 10.0. The Kier molecular flexibility index (Phi) is 5.21. The summed E-state index contributed by atoms with van der Waals surface area (Å²) < 4.78 is 0. The maximum absolute atomic E-state index is 9.34. The van der Waals surface area contributed by atoms with Gasteiger partial charge in [0.25, 0.3) is 0 Å². The van der Waals surface area contributed by atoms with Crippen molar-refractivity contribution in [1.29, 1.82) is 0 Å². The molecule has 100 valence electrons. The zero-order chi connectivity index (χ0) is 12.8. The fourth-order valence-corrected chi connectivity index (χ4v) is 2.65.